The van der Waals surface area contributed by atoms with E-state index >= 15 is 0 Å². The Bertz CT molecular complexity index is 561. The van der Waals surface area contributed by atoms with E-state index in [1.807, 2.05) is 79.7 Å². The van der Waals surface area contributed by atoms with Crippen LogP contribution in [0.25, 0.3) is 12.2 Å². The zero-order valence-corrected chi connectivity index (χ0v) is 17.1. The van der Waals surface area contributed by atoms with E-state index in [1.54, 1.807) is 6.08 Å². The van der Waals surface area contributed by atoms with Crippen molar-refractivity contribution in [3.05, 3.63) is 110 Å². The van der Waals surface area contributed by atoms with E-state index in [1.165, 1.54) is 49.7 Å². The van der Waals surface area contributed by atoms with Crippen LogP contribution in [0.4, 0.5) is 0 Å². The standard InChI is InChI=1S/2C8H8.C6H12.C5H8/c2*1-2-8-6-4-3-5-7-8;1-2-4-6-5-3-1;1-4-5(2)3/h2*2-7H,1H2;1-6H2;4H,1-2H2,3H3. The van der Waals surface area contributed by atoms with Gasteiger partial charge in [0.2, 0.25) is 0 Å². The Balaban J connectivity index is 0.000000341. The lowest BCUT2D eigenvalue weighted by molar-refractivity contribution is 0.504. The molecule has 2 aromatic carbocycles. The first-order valence-electron chi connectivity index (χ1n) is 9.77. The molecular formula is C27H36. The van der Waals surface area contributed by atoms with Crippen LogP contribution in [0.15, 0.2) is 98.6 Å². The smallest absolute Gasteiger partial charge is 0.0263 e. The van der Waals surface area contributed by atoms with Crippen molar-refractivity contribution in [3.8, 4) is 0 Å². The van der Waals surface area contributed by atoms with Gasteiger partial charge in [0.05, 0.1) is 0 Å². The maximum atomic E-state index is 3.63. The van der Waals surface area contributed by atoms with Gasteiger partial charge in [0.15, 0.2) is 0 Å². The Morgan fingerprint density at radius 3 is 1.04 bits per heavy atom. The average Bonchev–Trinajstić information content (AvgIpc) is 2.77. The summed E-state index contributed by atoms with van der Waals surface area (Å²) >= 11 is 0. The third kappa shape index (κ3) is 16.6. The average molecular weight is 361 g/mol. The Hall–Kier alpha value is -2.60. The van der Waals surface area contributed by atoms with Gasteiger partial charge in [-0.1, -0.05) is 149 Å². The molecule has 0 atom stereocenters. The first-order valence-corrected chi connectivity index (χ1v) is 9.77. The lowest BCUT2D eigenvalue weighted by Crippen LogP contribution is -1.85. The maximum Gasteiger partial charge on any atom is -0.0263 e. The number of benzene rings is 2. The van der Waals surface area contributed by atoms with Gasteiger partial charge in [-0.15, -0.1) is 0 Å². The van der Waals surface area contributed by atoms with Crippen molar-refractivity contribution >= 4 is 12.2 Å². The molecule has 2 aromatic rings. The summed E-state index contributed by atoms with van der Waals surface area (Å²) in [6, 6.07) is 20.1. The van der Waals surface area contributed by atoms with E-state index in [0.29, 0.717) is 0 Å². The molecule has 0 nitrogen and oxygen atoms in total. The van der Waals surface area contributed by atoms with Crippen molar-refractivity contribution in [1.29, 1.82) is 0 Å². The van der Waals surface area contributed by atoms with Crippen molar-refractivity contribution in [2.24, 2.45) is 0 Å². The monoisotopic (exact) mass is 360 g/mol. The summed E-state index contributed by atoms with van der Waals surface area (Å²) in [6.45, 7) is 16.2. The largest absolute Gasteiger partial charge is 0.0988 e. The van der Waals surface area contributed by atoms with E-state index in [2.05, 4.69) is 26.3 Å². The molecule has 144 valence electrons. The summed E-state index contributed by atoms with van der Waals surface area (Å²) in [5.41, 5.74) is 3.37. The van der Waals surface area contributed by atoms with Crippen LogP contribution < -0.4 is 0 Å². The van der Waals surface area contributed by atoms with E-state index < -0.39 is 0 Å². The molecule has 0 aromatic heterocycles. The van der Waals surface area contributed by atoms with Gasteiger partial charge in [0.1, 0.15) is 0 Å². The van der Waals surface area contributed by atoms with Gasteiger partial charge in [-0.3, -0.25) is 0 Å². The van der Waals surface area contributed by atoms with Gasteiger partial charge in [-0.05, 0) is 18.1 Å². The first-order chi connectivity index (χ1) is 13.1. The minimum atomic E-state index is 1.02. The van der Waals surface area contributed by atoms with Crippen molar-refractivity contribution in [2.45, 2.75) is 45.4 Å². The van der Waals surface area contributed by atoms with Crippen LogP contribution >= 0.6 is 0 Å². The van der Waals surface area contributed by atoms with Crippen molar-refractivity contribution in [3.63, 3.8) is 0 Å². The number of rotatable bonds is 3. The number of allylic oxidation sites excluding steroid dienone is 2. The molecule has 0 radical (unpaired) electrons. The van der Waals surface area contributed by atoms with Crippen LogP contribution in [0.5, 0.6) is 0 Å². The summed E-state index contributed by atoms with van der Waals surface area (Å²) in [6.07, 6.45) is 14.4. The molecule has 1 fully saturated rings. The third-order valence-electron chi connectivity index (χ3n) is 3.92. The molecule has 1 saturated carbocycles. The predicted octanol–water partition coefficient (Wildman–Crippen LogP) is 8.75. The molecule has 0 aliphatic heterocycles. The van der Waals surface area contributed by atoms with Crippen LogP contribution in [0, 0.1) is 0 Å². The molecule has 0 saturated heterocycles. The van der Waals surface area contributed by atoms with Crippen molar-refractivity contribution in [1.82, 2.24) is 0 Å². The summed E-state index contributed by atoms with van der Waals surface area (Å²) in [7, 11) is 0. The quantitative estimate of drug-likeness (QED) is 0.480. The van der Waals surface area contributed by atoms with Gasteiger partial charge in [-0.25, -0.2) is 0 Å². The molecule has 0 unspecified atom stereocenters. The highest BCUT2D eigenvalue weighted by molar-refractivity contribution is 5.46. The Morgan fingerprint density at radius 1 is 0.630 bits per heavy atom. The lowest BCUT2D eigenvalue weighted by atomic mass is 10.0. The minimum absolute atomic E-state index is 1.02. The third-order valence-corrected chi connectivity index (χ3v) is 3.92. The Kier molecular flexibility index (Phi) is 16.4. The highest BCUT2D eigenvalue weighted by atomic mass is 14.0. The molecule has 3 rings (SSSR count). The van der Waals surface area contributed by atoms with Crippen LogP contribution in [0.2, 0.25) is 0 Å². The molecule has 0 spiro atoms. The summed E-state index contributed by atoms with van der Waals surface area (Å²) in [4.78, 5) is 0. The van der Waals surface area contributed by atoms with Gasteiger partial charge < -0.3 is 0 Å². The normalized spacial score (nSPS) is 11.6. The second-order valence-electron chi connectivity index (χ2n) is 6.40. The van der Waals surface area contributed by atoms with Gasteiger partial charge >= 0.3 is 0 Å². The molecular weight excluding hydrogens is 324 g/mol. The van der Waals surface area contributed by atoms with Crippen LogP contribution in [-0.2, 0) is 0 Å². The maximum absolute atomic E-state index is 3.63. The van der Waals surface area contributed by atoms with E-state index in [9.17, 15) is 0 Å². The van der Waals surface area contributed by atoms with Gasteiger partial charge in [-0.2, -0.15) is 0 Å². The van der Waals surface area contributed by atoms with Crippen molar-refractivity contribution < 1.29 is 0 Å². The molecule has 0 heterocycles. The first kappa shape index (κ1) is 24.4. The molecule has 1 aliphatic rings. The predicted molar refractivity (Wildman–Crippen MR) is 126 cm³/mol. The fraction of sp³-hybridized carbons (Fsp3) is 0.259. The number of hydrogen-bond acceptors (Lipinski definition) is 0. The fourth-order valence-corrected chi connectivity index (χ4v) is 2.24. The Morgan fingerprint density at radius 2 is 0.889 bits per heavy atom. The zero-order valence-electron chi connectivity index (χ0n) is 17.1. The zero-order chi connectivity index (χ0) is 20.2. The molecule has 0 bridgehead atoms. The Labute approximate surface area is 167 Å². The fourth-order valence-electron chi connectivity index (χ4n) is 2.24. The summed E-state index contributed by atoms with van der Waals surface area (Å²) in [5, 5.41) is 0. The van der Waals surface area contributed by atoms with E-state index in [0.717, 1.165) is 5.57 Å². The highest BCUT2D eigenvalue weighted by Gasteiger charge is 1.95. The summed E-state index contributed by atoms with van der Waals surface area (Å²) < 4.78 is 0. The molecule has 1 aliphatic carbocycles. The molecule has 0 amide bonds. The van der Waals surface area contributed by atoms with Gasteiger partial charge in [0.25, 0.3) is 0 Å². The molecule has 0 N–H and O–H groups in total. The highest BCUT2D eigenvalue weighted by Crippen LogP contribution is 2.15. The van der Waals surface area contributed by atoms with Crippen molar-refractivity contribution in [2.75, 3.05) is 0 Å². The van der Waals surface area contributed by atoms with E-state index in [-0.39, 0.29) is 0 Å². The topological polar surface area (TPSA) is 0 Å². The lowest BCUT2D eigenvalue weighted by Gasteiger charge is -2.05. The second kappa shape index (κ2) is 18.2. The number of hydrogen-bond donors (Lipinski definition) is 0. The second-order valence-corrected chi connectivity index (χ2v) is 6.40. The minimum Gasteiger partial charge on any atom is -0.0988 e. The van der Waals surface area contributed by atoms with Gasteiger partial charge in [0, 0.05) is 0 Å². The molecule has 0 heteroatoms. The SMILES string of the molecule is C1CCCCC1.C=CC(=C)C.C=Cc1ccccc1.C=Cc1ccccc1. The molecule has 27 heavy (non-hydrogen) atoms. The van der Waals surface area contributed by atoms with Crippen LogP contribution in [-0.4, -0.2) is 0 Å². The van der Waals surface area contributed by atoms with Crippen LogP contribution in [0.3, 0.4) is 0 Å². The summed E-state index contributed by atoms with van der Waals surface area (Å²) in [5.74, 6) is 0. The van der Waals surface area contributed by atoms with E-state index in [4.69, 9.17) is 0 Å². The van der Waals surface area contributed by atoms with Crippen LogP contribution in [0.1, 0.15) is 56.6 Å².